The third-order valence-corrected chi connectivity index (χ3v) is 6.59. The maximum absolute atomic E-state index is 13.1. The minimum atomic E-state index is 0.00971. The van der Waals surface area contributed by atoms with E-state index in [-0.39, 0.29) is 24.2 Å². The highest BCUT2D eigenvalue weighted by atomic mass is 32.1. The maximum Gasteiger partial charge on any atom is 0.257 e. The van der Waals surface area contributed by atoms with E-state index in [0.717, 1.165) is 30.1 Å². The van der Waals surface area contributed by atoms with Crippen molar-refractivity contribution in [1.29, 1.82) is 0 Å². The van der Waals surface area contributed by atoms with Gasteiger partial charge in [-0.3, -0.25) is 9.69 Å². The summed E-state index contributed by atoms with van der Waals surface area (Å²) in [6, 6.07) is 8.26. The van der Waals surface area contributed by atoms with E-state index in [0.29, 0.717) is 6.54 Å². The number of rotatable bonds is 4. The van der Waals surface area contributed by atoms with E-state index in [9.17, 15) is 4.79 Å². The Bertz CT molecular complexity index is 763. The Morgan fingerprint density at radius 3 is 2.58 bits per heavy atom. The lowest BCUT2D eigenvalue weighted by Crippen LogP contribution is -2.49. The predicted octanol–water partition coefficient (Wildman–Crippen LogP) is 3.60. The van der Waals surface area contributed by atoms with Crippen molar-refractivity contribution in [2.45, 2.75) is 38.5 Å². The quantitative estimate of drug-likeness (QED) is 0.803. The summed E-state index contributed by atoms with van der Waals surface area (Å²) in [7, 11) is 0. The number of carbonyl (C=O) groups is 1. The molecule has 3 atom stereocenters. The van der Waals surface area contributed by atoms with Gasteiger partial charge in [-0.25, -0.2) is 5.01 Å². The maximum atomic E-state index is 13.1. The molecule has 2 aliphatic rings. The molecule has 1 fully saturated rings. The van der Waals surface area contributed by atoms with E-state index in [2.05, 4.69) is 41.6 Å². The lowest BCUT2D eigenvalue weighted by Gasteiger charge is -2.35. The fourth-order valence-electron chi connectivity index (χ4n) is 3.71. The van der Waals surface area contributed by atoms with E-state index in [4.69, 9.17) is 9.84 Å². The van der Waals surface area contributed by atoms with Crippen molar-refractivity contribution >= 4 is 34.3 Å². The Kier molecular flexibility index (Phi) is 5.22. The molecule has 0 N–H and O–H groups in total. The van der Waals surface area contributed by atoms with E-state index < -0.39 is 0 Å². The van der Waals surface area contributed by atoms with E-state index in [1.165, 1.54) is 4.88 Å². The smallest absolute Gasteiger partial charge is 0.257 e. The van der Waals surface area contributed by atoms with Gasteiger partial charge in [0.25, 0.3) is 5.91 Å². The Morgan fingerprint density at radius 1 is 1.19 bits per heavy atom. The van der Waals surface area contributed by atoms with Gasteiger partial charge in [0.1, 0.15) is 0 Å². The molecule has 0 aromatic carbocycles. The first-order valence-electron chi connectivity index (χ1n) is 8.95. The Labute approximate surface area is 161 Å². The molecule has 0 aliphatic carbocycles. The highest BCUT2D eigenvalue weighted by Crippen LogP contribution is 2.36. The second kappa shape index (κ2) is 7.60. The molecule has 3 unspecified atom stereocenters. The van der Waals surface area contributed by atoms with E-state index in [1.807, 2.05) is 12.1 Å². The largest absolute Gasteiger partial charge is 0.373 e. The van der Waals surface area contributed by atoms with Crippen LogP contribution in [0.4, 0.5) is 0 Å². The van der Waals surface area contributed by atoms with Gasteiger partial charge in [-0.05, 0) is 36.7 Å². The van der Waals surface area contributed by atoms with Crippen molar-refractivity contribution in [3.8, 4) is 0 Å². The number of amides is 1. The summed E-state index contributed by atoms with van der Waals surface area (Å²) >= 11 is 3.37. The molecule has 2 aromatic heterocycles. The van der Waals surface area contributed by atoms with Gasteiger partial charge in [0.2, 0.25) is 0 Å². The van der Waals surface area contributed by atoms with Gasteiger partial charge < -0.3 is 4.74 Å². The summed E-state index contributed by atoms with van der Waals surface area (Å²) < 4.78 is 5.78. The van der Waals surface area contributed by atoms with Crippen molar-refractivity contribution in [2.75, 3.05) is 19.6 Å². The molecule has 4 rings (SSSR count). The van der Waals surface area contributed by atoms with Gasteiger partial charge in [-0.1, -0.05) is 12.1 Å². The number of morpholine rings is 1. The fraction of sp³-hybridized carbons (Fsp3) is 0.474. The molecule has 138 valence electrons. The zero-order valence-electron chi connectivity index (χ0n) is 15.0. The number of hydrogen-bond acceptors (Lipinski definition) is 6. The van der Waals surface area contributed by atoms with Crippen molar-refractivity contribution in [1.82, 2.24) is 9.91 Å². The monoisotopic (exact) mass is 389 g/mol. The minimum Gasteiger partial charge on any atom is -0.373 e. The molecule has 26 heavy (non-hydrogen) atoms. The highest BCUT2D eigenvalue weighted by molar-refractivity contribution is 7.12. The molecule has 5 nitrogen and oxygen atoms in total. The fourth-order valence-corrected chi connectivity index (χ4v) is 5.24. The van der Waals surface area contributed by atoms with Crippen LogP contribution in [0.25, 0.3) is 0 Å². The van der Waals surface area contributed by atoms with Crippen LogP contribution in [0.3, 0.4) is 0 Å². The van der Waals surface area contributed by atoms with Crippen LogP contribution in [0.1, 0.15) is 36.1 Å². The zero-order chi connectivity index (χ0) is 18.1. The Morgan fingerprint density at radius 2 is 1.92 bits per heavy atom. The molecule has 1 amide bonds. The van der Waals surface area contributed by atoms with Crippen molar-refractivity contribution in [3.63, 3.8) is 0 Å². The van der Waals surface area contributed by atoms with Gasteiger partial charge in [-0.15, -0.1) is 22.7 Å². The van der Waals surface area contributed by atoms with Crippen LogP contribution in [0, 0.1) is 0 Å². The summed E-state index contributed by atoms with van der Waals surface area (Å²) in [4.78, 5) is 17.6. The highest BCUT2D eigenvalue weighted by Gasteiger charge is 2.35. The van der Waals surface area contributed by atoms with Crippen molar-refractivity contribution in [3.05, 3.63) is 44.8 Å². The lowest BCUT2D eigenvalue weighted by molar-refractivity contribution is -0.137. The van der Waals surface area contributed by atoms with Gasteiger partial charge in [0, 0.05) is 24.4 Å². The first-order chi connectivity index (χ1) is 12.6. The average molecular weight is 390 g/mol. The second-order valence-corrected chi connectivity index (χ2v) is 8.88. The van der Waals surface area contributed by atoms with Gasteiger partial charge in [0.15, 0.2) is 0 Å². The summed E-state index contributed by atoms with van der Waals surface area (Å²) in [5, 5.41) is 10.6. The number of hydrazone groups is 1. The van der Waals surface area contributed by atoms with Crippen LogP contribution < -0.4 is 0 Å². The molecule has 0 spiro atoms. The lowest BCUT2D eigenvalue weighted by atomic mass is 10.1. The third-order valence-electron chi connectivity index (χ3n) is 4.70. The van der Waals surface area contributed by atoms with Crippen LogP contribution in [0.2, 0.25) is 0 Å². The second-order valence-electron chi connectivity index (χ2n) is 6.95. The summed E-state index contributed by atoms with van der Waals surface area (Å²) in [5.41, 5.74) is 1.01. The predicted molar refractivity (Wildman–Crippen MR) is 106 cm³/mol. The summed E-state index contributed by atoms with van der Waals surface area (Å²) in [6.45, 7) is 6.08. The first-order valence-corrected chi connectivity index (χ1v) is 10.7. The van der Waals surface area contributed by atoms with Gasteiger partial charge >= 0.3 is 0 Å². The van der Waals surface area contributed by atoms with Crippen molar-refractivity contribution in [2.24, 2.45) is 5.10 Å². The number of carbonyl (C=O) groups excluding carboxylic acids is 1. The van der Waals surface area contributed by atoms with Crippen LogP contribution in [0.15, 0.2) is 40.1 Å². The molecule has 0 radical (unpaired) electrons. The molecule has 4 heterocycles. The average Bonchev–Trinajstić information content (AvgIpc) is 3.33. The number of hydrogen-bond donors (Lipinski definition) is 0. The summed E-state index contributed by atoms with van der Waals surface area (Å²) in [6.07, 6.45) is 1.09. The molecule has 2 aromatic rings. The molecule has 7 heteroatoms. The molecular formula is C19H23N3O2S2. The zero-order valence-corrected chi connectivity index (χ0v) is 16.6. The standard InChI is InChI=1S/C19H23N3O2S2/c1-13-10-21(11-14(2)24-13)12-19(23)22-16(18-6-4-8-26-18)9-15(20-22)17-5-3-7-25-17/h3-8,13-14,16H,9-12H2,1-2H3. The topological polar surface area (TPSA) is 45.1 Å². The third kappa shape index (κ3) is 3.76. The normalized spacial score (nSPS) is 26.9. The Balaban J connectivity index is 1.53. The van der Waals surface area contributed by atoms with Crippen LogP contribution in [-0.2, 0) is 9.53 Å². The molecule has 2 aliphatic heterocycles. The number of nitrogens with zero attached hydrogens (tertiary/aromatic N) is 3. The molecule has 0 bridgehead atoms. The first kappa shape index (κ1) is 17.9. The molecular weight excluding hydrogens is 366 g/mol. The minimum absolute atomic E-state index is 0.00971. The van der Waals surface area contributed by atoms with Gasteiger partial charge in [-0.2, -0.15) is 5.10 Å². The van der Waals surface area contributed by atoms with Crippen LogP contribution >= 0.6 is 22.7 Å². The number of ether oxygens (including phenoxy) is 1. The summed E-state index contributed by atoms with van der Waals surface area (Å²) in [5.74, 6) is 0.0660. The van der Waals surface area contributed by atoms with Crippen LogP contribution in [-0.4, -0.2) is 53.4 Å². The SMILES string of the molecule is CC1CN(CC(=O)N2N=C(c3cccs3)CC2c2cccs2)CC(C)O1. The molecule has 1 saturated heterocycles. The van der Waals surface area contributed by atoms with Gasteiger partial charge in [0.05, 0.1) is 35.4 Å². The van der Waals surface area contributed by atoms with Crippen molar-refractivity contribution < 1.29 is 9.53 Å². The molecule has 0 saturated carbocycles. The van der Waals surface area contributed by atoms with E-state index in [1.54, 1.807) is 27.7 Å². The van der Waals surface area contributed by atoms with Crippen LogP contribution in [0.5, 0.6) is 0 Å². The Hall–Kier alpha value is -1.54. The van der Waals surface area contributed by atoms with E-state index >= 15 is 0 Å². The number of thiophene rings is 2.